The number of H-pyrrole nitrogens is 1. The highest BCUT2D eigenvalue weighted by Crippen LogP contribution is 2.39. The minimum atomic E-state index is -4.42. The van der Waals surface area contributed by atoms with Gasteiger partial charge in [-0.15, -0.1) is 0 Å². The Hall–Kier alpha value is -3.93. The van der Waals surface area contributed by atoms with Gasteiger partial charge in [0.2, 0.25) is 17.7 Å². The van der Waals surface area contributed by atoms with Crippen LogP contribution >= 0.6 is 12.2 Å². The second kappa shape index (κ2) is 19.0. The summed E-state index contributed by atoms with van der Waals surface area (Å²) in [6, 6.07) is 11.9. The van der Waals surface area contributed by atoms with Gasteiger partial charge in [0.15, 0.2) is 0 Å². The summed E-state index contributed by atoms with van der Waals surface area (Å²) in [5.74, 6) is -1.21. The number of halogens is 3. The lowest BCUT2D eigenvalue weighted by Gasteiger charge is -2.28. The molecule has 2 atom stereocenters. The molecule has 47 heavy (non-hydrogen) atoms. The number of aromatic amines is 1. The van der Waals surface area contributed by atoms with Crippen molar-refractivity contribution in [2.24, 2.45) is 17.4 Å². The van der Waals surface area contributed by atoms with E-state index in [1.54, 1.807) is 6.07 Å². The van der Waals surface area contributed by atoms with Gasteiger partial charge in [-0.2, -0.15) is 13.2 Å². The lowest BCUT2D eigenvalue weighted by molar-refractivity contribution is -0.136. The van der Waals surface area contributed by atoms with Crippen molar-refractivity contribution in [3.63, 3.8) is 0 Å². The van der Waals surface area contributed by atoms with Crippen molar-refractivity contribution in [1.29, 1.82) is 0 Å². The standard InChI is InChI=1S/C16H16F3N3OS.C11H12N2O2.2C4H10/c17-16(18,19)11-3-1-2-9-10-6-8(15(23)21-7-13(20)24)4-5-12(10)22-14(9)11;12-10(14)6-13-11(15)9-5-7-3-1-2-4-8(7)9;2*1-3-4-2/h1-3,8,22H,4-7H2,(H2,20,24)(H,21,23);1-4,9H,5-6H2,(H2,12,14)(H,13,15);2*3-4H2,1-2H3. The Balaban J connectivity index is 0.000000283. The predicted octanol–water partition coefficient (Wildman–Crippen LogP) is 6.23. The molecule has 0 radical (unpaired) electrons. The minimum Gasteiger partial charge on any atom is -0.392 e. The highest BCUT2D eigenvalue weighted by molar-refractivity contribution is 7.80. The lowest BCUT2D eigenvalue weighted by atomic mass is 9.77. The van der Waals surface area contributed by atoms with E-state index in [0.717, 1.165) is 29.3 Å². The summed E-state index contributed by atoms with van der Waals surface area (Å²) < 4.78 is 39.5. The summed E-state index contributed by atoms with van der Waals surface area (Å²) in [7, 11) is 0. The zero-order valence-electron chi connectivity index (χ0n) is 27.7. The molecular weight excluding hydrogens is 627 g/mol. The third kappa shape index (κ3) is 11.7. The van der Waals surface area contributed by atoms with Crippen LogP contribution in [0.2, 0.25) is 0 Å². The molecular formula is C35H48F3N5O3S. The normalized spacial score (nSPS) is 15.8. The Morgan fingerprint density at radius 1 is 0.872 bits per heavy atom. The van der Waals surface area contributed by atoms with Crippen LogP contribution in [-0.4, -0.2) is 40.8 Å². The van der Waals surface area contributed by atoms with Crippen LogP contribution in [0.1, 0.15) is 93.7 Å². The fourth-order valence-corrected chi connectivity index (χ4v) is 5.08. The number of nitrogens with one attached hydrogen (secondary N) is 3. The van der Waals surface area contributed by atoms with Crippen molar-refractivity contribution in [3.05, 3.63) is 70.4 Å². The molecule has 3 amide bonds. The molecule has 0 saturated carbocycles. The molecule has 0 spiro atoms. The van der Waals surface area contributed by atoms with Crippen molar-refractivity contribution >= 4 is 45.8 Å². The maximum absolute atomic E-state index is 13.2. The monoisotopic (exact) mass is 675 g/mol. The van der Waals surface area contributed by atoms with E-state index in [1.165, 1.54) is 37.3 Å². The number of rotatable bonds is 8. The molecule has 5 rings (SSSR count). The highest BCUT2D eigenvalue weighted by atomic mass is 32.1. The van der Waals surface area contributed by atoms with Crippen molar-refractivity contribution in [1.82, 2.24) is 15.6 Å². The third-order valence-corrected chi connectivity index (χ3v) is 8.09. The second-order valence-corrected chi connectivity index (χ2v) is 12.1. The van der Waals surface area contributed by atoms with Crippen LogP contribution < -0.4 is 22.1 Å². The zero-order chi connectivity index (χ0) is 35.1. The van der Waals surface area contributed by atoms with Gasteiger partial charge < -0.3 is 27.1 Å². The molecule has 1 heterocycles. The fraction of sp³-hybridized carbons (Fsp3) is 0.486. The number of hydrogen-bond donors (Lipinski definition) is 5. The van der Waals surface area contributed by atoms with E-state index in [9.17, 15) is 27.6 Å². The van der Waals surface area contributed by atoms with Gasteiger partial charge in [-0.05, 0) is 48.4 Å². The molecule has 0 fully saturated rings. The Bertz CT molecular complexity index is 1500. The molecule has 0 aliphatic heterocycles. The Kier molecular flexibility index (Phi) is 15.9. The number of para-hydroxylation sites is 1. The van der Waals surface area contributed by atoms with Crippen LogP contribution in [0.3, 0.4) is 0 Å². The average molecular weight is 676 g/mol. The number of unbranched alkanes of at least 4 members (excludes halogenated alkanes) is 2. The van der Waals surface area contributed by atoms with Gasteiger partial charge >= 0.3 is 6.18 Å². The third-order valence-electron chi connectivity index (χ3n) is 7.94. The summed E-state index contributed by atoms with van der Waals surface area (Å²) >= 11 is 4.73. The number of hydrogen-bond acceptors (Lipinski definition) is 4. The zero-order valence-corrected chi connectivity index (χ0v) is 28.5. The summed E-state index contributed by atoms with van der Waals surface area (Å²) in [5.41, 5.74) is 13.6. The largest absolute Gasteiger partial charge is 0.418 e. The lowest BCUT2D eigenvalue weighted by Crippen LogP contribution is -2.39. The van der Waals surface area contributed by atoms with E-state index in [1.807, 2.05) is 24.3 Å². The van der Waals surface area contributed by atoms with Gasteiger partial charge in [-0.25, -0.2) is 0 Å². The first-order valence-electron chi connectivity index (χ1n) is 16.2. The van der Waals surface area contributed by atoms with Gasteiger partial charge in [-0.1, -0.05) is 102 Å². The summed E-state index contributed by atoms with van der Waals surface area (Å²) in [5, 5.41) is 5.71. The molecule has 2 aliphatic rings. The second-order valence-electron chi connectivity index (χ2n) is 11.6. The van der Waals surface area contributed by atoms with E-state index in [0.29, 0.717) is 24.6 Å². The highest BCUT2D eigenvalue weighted by Gasteiger charge is 2.35. The number of amides is 3. The SMILES string of the molecule is CCCC.CCCC.NC(=O)CNC(=O)C1Cc2ccccc21.NC(=S)CNC(=O)C1CCc2[nH]c3c(C(F)(F)F)cccc3c2C1. The fourth-order valence-electron chi connectivity index (χ4n) is 5.01. The smallest absolute Gasteiger partial charge is 0.392 e. The maximum atomic E-state index is 13.2. The number of aryl methyl sites for hydroxylation is 1. The van der Waals surface area contributed by atoms with Crippen molar-refractivity contribution in [2.45, 2.75) is 91.2 Å². The molecule has 0 bridgehead atoms. The molecule has 2 unspecified atom stereocenters. The number of primary amides is 1. The maximum Gasteiger partial charge on any atom is 0.418 e. The van der Waals surface area contributed by atoms with Crippen LogP contribution in [0.15, 0.2) is 42.5 Å². The van der Waals surface area contributed by atoms with E-state index in [2.05, 4.69) is 43.3 Å². The van der Waals surface area contributed by atoms with Crippen LogP contribution in [0, 0.1) is 5.92 Å². The average Bonchev–Trinajstić information content (AvgIpc) is 3.41. The van der Waals surface area contributed by atoms with Crippen molar-refractivity contribution in [3.8, 4) is 0 Å². The van der Waals surface area contributed by atoms with E-state index in [-0.39, 0.29) is 47.2 Å². The molecule has 2 aliphatic carbocycles. The van der Waals surface area contributed by atoms with E-state index in [4.69, 9.17) is 23.7 Å². The number of carbonyl (C=O) groups excluding carboxylic acids is 3. The first-order valence-corrected chi connectivity index (χ1v) is 16.6. The molecule has 7 N–H and O–H groups in total. The van der Waals surface area contributed by atoms with Crippen molar-refractivity contribution < 1.29 is 27.6 Å². The van der Waals surface area contributed by atoms with Gasteiger partial charge in [-0.3, -0.25) is 14.4 Å². The van der Waals surface area contributed by atoms with E-state index >= 15 is 0 Å². The summed E-state index contributed by atoms with van der Waals surface area (Å²) in [6.45, 7) is 8.77. The molecule has 12 heteroatoms. The number of carbonyl (C=O) groups is 3. The number of nitrogens with two attached hydrogens (primary N) is 2. The number of fused-ring (bicyclic) bond motifs is 4. The predicted molar refractivity (Wildman–Crippen MR) is 185 cm³/mol. The van der Waals surface area contributed by atoms with Gasteiger partial charge in [0.05, 0.1) is 35.1 Å². The van der Waals surface area contributed by atoms with Crippen LogP contribution in [0.5, 0.6) is 0 Å². The number of alkyl halides is 3. The van der Waals surface area contributed by atoms with Gasteiger partial charge in [0.1, 0.15) is 0 Å². The van der Waals surface area contributed by atoms with Crippen LogP contribution in [0.25, 0.3) is 10.9 Å². The van der Waals surface area contributed by atoms with Crippen LogP contribution in [0.4, 0.5) is 13.2 Å². The van der Waals surface area contributed by atoms with E-state index < -0.39 is 17.6 Å². The number of benzene rings is 2. The van der Waals surface area contributed by atoms with Gasteiger partial charge in [0, 0.05) is 17.0 Å². The van der Waals surface area contributed by atoms with Crippen molar-refractivity contribution in [2.75, 3.05) is 13.1 Å². The molecule has 2 aromatic carbocycles. The summed E-state index contributed by atoms with van der Waals surface area (Å²) in [4.78, 5) is 37.3. The van der Waals surface area contributed by atoms with Crippen LogP contribution in [-0.2, 0) is 39.8 Å². The Morgan fingerprint density at radius 2 is 1.49 bits per heavy atom. The molecule has 258 valence electrons. The summed E-state index contributed by atoms with van der Waals surface area (Å²) in [6.07, 6.45) is 3.12. The molecule has 3 aromatic rings. The molecule has 8 nitrogen and oxygen atoms in total. The quantitative estimate of drug-likeness (QED) is 0.180. The molecule has 1 aromatic heterocycles. The molecule has 0 saturated heterocycles. The first-order chi connectivity index (χ1) is 22.3. The van der Waals surface area contributed by atoms with Gasteiger partial charge in [0.25, 0.3) is 0 Å². The first kappa shape index (κ1) is 39.2. The number of aromatic nitrogens is 1. The Morgan fingerprint density at radius 3 is 2.04 bits per heavy atom. The Labute approximate surface area is 280 Å². The minimum absolute atomic E-state index is 0.0858. The topological polar surface area (TPSA) is 143 Å². The number of thiocarbonyl (C=S) groups is 1.